The molecule has 2 amide bonds. The highest BCUT2D eigenvalue weighted by Gasteiger charge is 2.20. The van der Waals surface area contributed by atoms with E-state index in [0.717, 1.165) is 18.8 Å². The van der Waals surface area contributed by atoms with Gasteiger partial charge in [0.15, 0.2) is 5.11 Å². The molecule has 9 heteroatoms. The lowest BCUT2D eigenvalue weighted by atomic mass is 10.2. The number of thiocarbonyl (C=S) groups is 1. The molecule has 7 nitrogen and oxygen atoms in total. The summed E-state index contributed by atoms with van der Waals surface area (Å²) in [4.78, 5) is 28.1. The van der Waals surface area contributed by atoms with Gasteiger partial charge < -0.3 is 19.9 Å². The van der Waals surface area contributed by atoms with Crippen LogP contribution in [0.25, 0.3) is 0 Å². The molecular formula is C24H29ClN4O3S. The van der Waals surface area contributed by atoms with Gasteiger partial charge in [0.05, 0.1) is 17.3 Å². The van der Waals surface area contributed by atoms with Crippen molar-refractivity contribution in [2.75, 3.05) is 43.0 Å². The molecule has 2 N–H and O–H groups in total. The van der Waals surface area contributed by atoms with Crippen molar-refractivity contribution >= 4 is 52.1 Å². The van der Waals surface area contributed by atoms with Crippen LogP contribution in [0.3, 0.4) is 0 Å². The minimum Gasteiger partial charge on any atom is -0.493 e. The van der Waals surface area contributed by atoms with Gasteiger partial charge in [0.25, 0.3) is 5.91 Å². The number of carbonyl (C=O) groups excluding carboxylic acids is 2. The second kappa shape index (κ2) is 11.3. The van der Waals surface area contributed by atoms with Crippen LogP contribution in [0.5, 0.6) is 5.75 Å². The smallest absolute Gasteiger partial charge is 0.257 e. The molecule has 33 heavy (non-hydrogen) atoms. The van der Waals surface area contributed by atoms with Gasteiger partial charge >= 0.3 is 0 Å². The minimum atomic E-state index is -0.325. The maximum absolute atomic E-state index is 12.6. The van der Waals surface area contributed by atoms with E-state index in [4.69, 9.17) is 28.6 Å². The lowest BCUT2D eigenvalue weighted by Gasteiger charge is -2.36. The van der Waals surface area contributed by atoms with Crippen molar-refractivity contribution in [3.63, 3.8) is 0 Å². The van der Waals surface area contributed by atoms with E-state index in [1.165, 1.54) is 0 Å². The van der Waals surface area contributed by atoms with Crippen LogP contribution in [0.2, 0.25) is 5.02 Å². The van der Waals surface area contributed by atoms with E-state index in [0.29, 0.717) is 47.6 Å². The van der Waals surface area contributed by atoms with Crippen molar-refractivity contribution in [2.24, 2.45) is 5.92 Å². The van der Waals surface area contributed by atoms with Gasteiger partial charge in [-0.15, -0.1) is 0 Å². The molecule has 0 aromatic heterocycles. The Hall–Kier alpha value is -2.84. The zero-order valence-electron chi connectivity index (χ0n) is 19.1. The molecule has 1 saturated heterocycles. The average molecular weight is 489 g/mol. The van der Waals surface area contributed by atoms with Crippen LogP contribution < -0.4 is 20.3 Å². The highest BCUT2D eigenvalue weighted by atomic mass is 35.5. The van der Waals surface area contributed by atoms with Crippen LogP contribution in [0.15, 0.2) is 42.5 Å². The van der Waals surface area contributed by atoms with E-state index in [-0.39, 0.29) is 16.9 Å². The average Bonchev–Trinajstić information content (AvgIpc) is 2.78. The summed E-state index contributed by atoms with van der Waals surface area (Å²) in [5.41, 5.74) is 2.03. The Morgan fingerprint density at radius 2 is 1.85 bits per heavy atom. The molecule has 0 saturated carbocycles. The molecule has 0 bridgehead atoms. The number of hydrogen-bond acceptors (Lipinski definition) is 5. The summed E-state index contributed by atoms with van der Waals surface area (Å²) in [6.07, 6.45) is 0. The van der Waals surface area contributed by atoms with E-state index in [1.54, 1.807) is 31.2 Å². The number of halogens is 1. The predicted octanol–water partition coefficient (Wildman–Crippen LogP) is 4.17. The first-order valence-electron chi connectivity index (χ1n) is 10.9. The second-order valence-electron chi connectivity index (χ2n) is 8.30. The Morgan fingerprint density at radius 1 is 1.12 bits per heavy atom. The molecule has 0 atom stereocenters. The Morgan fingerprint density at radius 3 is 2.48 bits per heavy atom. The number of anilines is 2. The predicted molar refractivity (Wildman–Crippen MR) is 136 cm³/mol. The molecule has 2 aromatic carbocycles. The molecule has 0 unspecified atom stereocenters. The lowest BCUT2D eigenvalue weighted by Crippen LogP contribution is -2.48. The van der Waals surface area contributed by atoms with Crippen molar-refractivity contribution in [1.82, 2.24) is 10.2 Å². The number of benzene rings is 2. The minimum absolute atomic E-state index is 0.0886. The summed E-state index contributed by atoms with van der Waals surface area (Å²) in [5.74, 6) is 0.795. The monoisotopic (exact) mass is 488 g/mol. The molecule has 1 heterocycles. The number of amides is 2. The molecule has 1 fully saturated rings. The fraction of sp³-hybridized carbons (Fsp3) is 0.375. The first kappa shape index (κ1) is 24.8. The van der Waals surface area contributed by atoms with Crippen molar-refractivity contribution in [3.8, 4) is 5.75 Å². The third-order valence-corrected chi connectivity index (χ3v) is 5.68. The number of piperazine rings is 1. The van der Waals surface area contributed by atoms with Crippen LogP contribution in [-0.4, -0.2) is 54.6 Å². The van der Waals surface area contributed by atoms with Crippen LogP contribution in [0.1, 0.15) is 31.1 Å². The van der Waals surface area contributed by atoms with E-state index < -0.39 is 0 Å². The summed E-state index contributed by atoms with van der Waals surface area (Å²) < 4.78 is 5.68. The molecule has 1 aliphatic heterocycles. The Kier molecular flexibility index (Phi) is 8.52. The third kappa shape index (κ3) is 7.07. The van der Waals surface area contributed by atoms with Crippen LogP contribution >= 0.6 is 23.8 Å². The number of rotatable bonds is 6. The maximum atomic E-state index is 12.6. The molecule has 2 aromatic rings. The van der Waals surface area contributed by atoms with E-state index in [2.05, 4.69) is 29.4 Å². The van der Waals surface area contributed by atoms with Gasteiger partial charge in [0.2, 0.25) is 5.91 Å². The Labute approximate surface area is 205 Å². The summed E-state index contributed by atoms with van der Waals surface area (Å²) >= 11 is 11.8. The molecule has 1 aliphatic rings. The number of hydrogen-bond donors (Lipinski definition) is 2. The van der Waals surface area contributed by atoms with Gasteiger partial charge in [0.1, 0.15) is 5.75 Å². The topological polar surface area (TPSA) is 73.9 Å². The van der Waals surface area contributed by atoms with E-state index >= 15 is 0 Å². The van der Waals surface area contributed by atoms with Gasteiger partial charge in [-0.2, -0.15) is 0 Å². The standard InChI is InChI=1S/C24H29ClN4O3S/c1-16(2)15-32-20-6-4-5-18(13-20)23(31)27-24(33)26-19-7-8-22(21(25)14-19)29-11-9-28(10-12-29)17(3)30/h4-8,13-14,16H,9-12,15H2,1-3H3,(H2,26,27,31,33). The zero-order valence-corrected chi connectivity index (χ0v) is 20.6. The number of ether oxygens (including phenoxy) is 1. The van der Waals surface area contributed by atoms with Gasteiger partial charge in [-0.05, 0) is 54.5 Å². The van der Waals surface area contributed by atoms with Gasteiger partial charge in [-0.1, -0.05) is 31.5 Å². The van der Waals surface area contributed by atoms with Gasteiger partial charge in [0, 0.05) is 44.4 Å². The van der Waals surface area contributed by atoms with Crippen molar-refractivity contribution < 1.29 is 14.3 Å². The third-order valence-electron chi connectivity index (χ3n) is 5.18. The maximum Gasteiger partial charge on any atom is 0.257 e. The first-order valence-corrected chi connectivity index (χ1v) is 11.7. The van der Waals surface area contributed by atoms with Crippen LogP contribution in [-0.2, 0) is 4.79 Å². The highest BCUT2D eigenvalue weighted by molar-refractivity contribution is 7.80. The molecule has 0 spiro atoms. The highest BCUT2D eigenvalue weighted by Crippen LogP contribution is 2.29. The molecule has 0 radical (unpaired) electrons. The normalized spacial score (nSPS) is 13.6. The molecular weight excluding hydrogens is 460 g/mol. The summed E-state index contributed by atoms with van der Waals surface area (Å²) in [6, 6.07) is 12.5. The van der Waals surface area contributed by atoms with Gasteiger partial charge in [-0.25, -0.2) is 0 Å². The number of carbonyl (C=O) groups is 2. The fourth-order valence-corrected chi connectivity index (χ4v) is 3.94. The Bertz CT molecular complexity index is 1020. The SMILES string of the molecule is CC(=O)N1CCN(c2ccc(NC(=S)NC(=O)c3cccc(OCC(C)C)c3)cc2Cl)CC1. The Balaban J connectivity index is 1.56. The van der Waals surface area contributed by atoms with E-state index in [1.807, 2.05) is 23.1 Å². The van der Waals surface area contributed by atoms with Gasteiger partial charge in [-0.3, -0.25) is 14.9 Å². The lowest BCUT2D eigenvalue weighted by molar-refractivity contribution is -0.129. The molecule has 3 rings (SSSR count). The van der Waals surface area contributed by atoms with Crippen LogP contribution in [0, 0.1) is 5.92 Å². The number of nitrogens with zero attached hydrogens (tertiary/aromatic N) is 2. The van der Waals surface area contributed by atoms with Crippen molar-refractivity contribution in [3.05, 3.63) is 53.1 Å². The zero-order chi connectivity index (χ0) is 24.0. The van der Waals surface area contributed by atoms with Crippen LogP contribution in [0.4, 0.5) is 11.4 Å². The summed E-state index contributed by atoms with van der Waals surface area (Å²) in [5, 5.41) is 6.43. The van der Waals surface area contributed by atoms with E-state index in [9.17, 15) is 9.59 Å². The van der Waals surface area contributed by atoms with Crippen molar-refractivity contribution in [2.45, 2.75) is 20.8 Å². The second-order valence-corrected chi connectivity index (χ2v) is 9.12. The summed E-state index contributed by atoms with van der Waals surface area (Å²) in [7, 11) is 0. The fourth-order valence-electron chi connectivity index (χ4n) is 3.43. The molecule has 0 aliphatic carbocycles. The largest absolute Gasteiger partial charge is 0.493 e. The summed E-state index contributed by atoms with van der Waals surface area (Å²) in [6.45, 7) is 9.08. The number of nitrogens with one attached hydrogen (secondary N) is 2. The molecule has 176 valence electrons. The quantitative estimate of drug-likeness (QED) is 0.594. The first-order chi connectivity index (χ1) is 15.7. The van der Waals surface area contributed by atoms with Crippen molar-refractivity contribution in [1.29, 1.82) is 0 Å².